The zero-order valence-corrected chi connectivity index (χ0v) is 12.1. The summed E-state index contributed by atoms with van der Waals surface area (Å²) >= 11 is 5.87. The molecule has 0 amide bonds. The highest BCUT2D eigenvalue weighted by Gasteiger charge is 2.21. The molecule has 3 rings (SSSR count). The molecule has 0 aromatic heterocycles. The van der Waals surface area contributed by atoms with Crippen molar-refractivity contribution in [2.45, 2.75) is 18.9 Å². The van der Waals surface area contributed by atoms with Gasteiger partial charge in [-0.15, -0.1) is 0 Å². The van der Waals surface area contributed by atoms with Gasteiger partial charge in [0.25, 0.3) is 0 Å². The Balaban J connectivity index is 1.40. The molecule has 1 unspecified atom stereocenters. The van der Waals surface area contributed by atoms with Gasteiger partial charge in [-0.3, -0.25) is 0 Å². The predicted molar refractivity (Wildman–Crippen MR) is 82.6 cm³/mol. The lowest BCUT2D eigenvalue weighted by Gasteiger charge is -2.11. The van der Waals surface area contributed by atoms with Crippen LogP contribution in [0.4, 0.5) is 0 Å². The van der Waals surface area contributed by atoms with E-state index in [1.165, 1.54) is 11.1 Å². The van der Waals surface area contributed by atoms with Crippen LogP contribution in [0.25, 0.3) is 0 Å². The van der Waals surface area contributed by atoms with E-state index < -0.39 is 0 Å². The molecule has 0 aliphatic carbocycles. The van der Waals surface area contributed by atoms with Crippen molar-refractivity contribution in [1.29, 1.82) is 0 Å². The molecule has 1 aliphatic rings. The summed E-state index contributed by atoms with van der Waals surface area (Å²) in [5.74, 6) is 1.04. The van der Waals surface area contributed by atoms with Gasteiger partial charge in [-0.1, -0.05) is 41.9 Å². The Morgan fingerprint density at radius 1 is 1.10 bits per heavy atom. The molecule has 0 bridgehead atoms. The third-order valence-corrected chi connectivity index (χ3v) is 3.84. The first kappa shape index (κ1) is 13.5. The summed E-state index contributed by atoms with van der Waals surface area (Å²) in [5.41, 5.74) is 2.62. The lowest BCUT2D eigenvalue weighted by atomic mass is 10.1. The summed E-state index contributed by atoms with van der Waals surface area (Å²) in [6.45, 7) is 1.85. The van der Waals surface area contributed by atoms with Crippen molar-refractivity contribution in [2.75, 3.05) is 13.1 Å². The van der Waals surface area contributed by atoms with E-state index in [-0.39, 0.29) is 6.10 Å². The van der Waals surface area contributed by atoms with Gasteiger partial charge in [0.05, 0.1) is 0 Å². The molecule has 3 heteroatoms. The van der Waals surface area contributed by atoms with Crippen molar-refractivity contribution < 1.29 is 4.74 Å². The number of hydrogen-bond acceptors (Lipinski definition) is 2. The fourth-order valence-corrected chi connectivity index (χ4v) is 2.64. The lowest BCUT2D eigenvalue weighted by Crippen LogP contribution is -2.31. The summed E-state index contributed by atoms with van der Waals surface area (Å²) < 4.78 is 5.89. The fourth-order valence-electron chi connectivity index (χ4n) is 2.51. The molecule has 0 radical (unpaired) electrons. The first-order valence-electron chi connectivity index (χ1n) is 7.01. The van der Waals surface area contributed by atoms with Crippen molar-refractivity contribution >= 4 is 11.6 Å². The Hall–Kier alpha value is -1.51. The van der Waals surface area contributed by atoms with Gasteiger partial charge in [0.1, 0.15) is 11.9 Å². The Labute approximate surface area is 124 Å². The van der Waals surface area contributed by atoms with Crippen LogP contribution in [0, 0.1) is 0 Å². The van der Waals surface area contributed by atoms with E-state index in [2.05, 4.69) is 29.6 Å². The third-order valence-electron chi connectivity index (χ3n) is 3.59. The van der Waals surface area contributed by atoms with Crippen molar-refractivity contribution in [2.24, 2.45) is 0 Å². The maximum absolute atomic E-state index is 5.89. The van der Waals surface area contributed by atoms with Gasteiger partial charge >= 0.3 is 0 Å². The normalized spacial score (nSPS) is 16.8. The molecule has 1 atom stereocenters. The molecule has 1 aliphatic heterocycles. The number of halogens is 1. The van der Waals surface area contributed by atoms with Crippen molar-refractivity contribution in [3.8, 4) is 5.75 Å². The SMILES string of the molecule is Clc1ccc(CCNCC2Cc3ccccc3O2)cc1. The molecule has 2 aromatic carbocycles. The predicted octanol–water partition coefficient (Wildman–Crippen LogP) is 3.48. The van der Waals surface area contributed by atoms with Gasteiger partial charge in [-0.25, -0.2) is 0 Å². The average Bonchev–Trinajstić information content (AvgIpc) is 2.88. The molecule has 104 valence electrons. The van der Waals surface area contributed by atoms with E-state index in [4.69, 9.17) is 16.3 Å². The number of para-hydroxylation sites is 1. The van der Waals surface area contributed by atoms with Crippen LogP contribution in [0.3, 0.4) is 0 Å². The summed E-state index contributed by atoms with van der Waals surface area (Å²) in [7, 11) is 0. The molecular weight excluding hydrogens is 270 g/mol. The standard InChI is InChI=1S/C17H18ClNO/c18-15-7-5-13(6-8-15)9-10-19-12-16-11-14-3-1-2-4-17(14)20-16/h1-8,16,19H,9-12H2. The number of benzene rings is 2. The largest absolute Gasteiger partial charge is 0.488 e. The summed E-state index contributed by atoms with van der Waals surface area (Å²) in [5, 5.41) is 4.26. The van der Waals surface area contributed by atoms with Crippen LogP contribution < -0.4 is 10.1 Å². The molecule has 0 fully saturated rings. The molecule has 0 saturated heterocycles. The quantitative estimate of drug-likeness (QED) is 0.850. The number of hydrogen-bond donors (Lipinski definition) is 1. The monoisotopic (exact) mass is 287 g/mol. The van der Waals surface area contributed by atoms with Crippen LogP contribution in [0.1, 0.15) is 11.1 Å². The van der Waals surface area contributed by atoms with E-state index >= 15 is 0 Å². The lowest BCUT2D eigenvalue weighted by molar-refractivity contribution is 0.228. The highest BCUT2D eigenvalue weighted by Crippen LogP contribution is 2.27. The molecule has 2 nitrogen and oxygen atoms in total. The van der Waals surface area contributed by atoms with Gasteiger partial charge in [0, 0.05) is 18.0 Å². The fraction of sp³-hybridized carbons (Fsp3) is 0.294. The van der Waals surface area contributed by atoms with Gasteiger partial charge in [-0.2, -0.15) is 0 Å². The topological polar surface area (TPSA) is 21.3 Å². The zero-order valence-electron chi connectivity index (χ0n) is 11.3. The highest BCUT2D eigenvalue weighted by atomic mass is 35.5. The van der Waals surface area contributed by atoms with E-state index in [0.717, 1.165) is 36.7 Å². The van der Waals surface area contributed by atoms with E-state index in [1.807, 2.05) is 24.3 Å². The molecule has 2 aromatic rings. The van der Waals surface area contributed by atoms with Gasteiger partial charge in [0.15, 0.2) is 0 Å². The highest BCUT2D eigenvalue weighted by molar-refractivity contribution is 6.30. The Morgan fingerprint density at radius 2 is 1.90 bits per heavy atom. The molecule has 0 spiro atoms. The van der Waals surface area contributed by atoms with Crippen LogP contribution in [-0.2, 0) is 12.8 Å². The molecule has 20 heavy (non-hydrogen) atoms. The summed E-state index contributed by atoms with van der Waals surface area (Å²) in [4.78, 5) is 0. The first-order chi connectivity index (χ1) is 9.81. The van der Waals surface area contributed by atoms with Gasteiger partial charge in [0.2, 0.25) is 0 Å². The second kappa shape index (κ2) is 6.29. The van der Waals surface area contributed by atoms with E-state index in [1.54, 1.807) is 0 Å². The zero-order chi connectivity index (χ0) is 13.8. The average molecular weight is 288 g/mol. The second-order valence-electron chi connectivity index (χ2n) is 5.13. The van der Waals surface area contributed by atoms with Crippen molar-refractivity contribution in [3.63, 3.8) is 0 Å². The minimum Gasteiger partial charge on any atom is -0.488 e. The second-order valence-corrected chi connectivity index (χ2v) is 5.57. The number of ether oxygens (including phenoxy) is 1. The van der Waals surface area contributed by atoms with Gasteiger partial charge < -0.3 is 10.1 Å². The van der Waals surface area contributed by atoms with E-state index in [0.29, 0.717) is 0 Å². The van der Waals surface area contributed by atoms with Gasteiger partial charge in [-0.05, 0) is 42.3 Å². The summed E-state index contributed by atoms with van der Waals surface area (Å²) in [6, 6.07) is 16.3. The first-order valence-corrected chi connectivity index (χ1v) is 7.39. The molecular formula is C17H18ClNO. The Morgan fingerprint density at radius 3 is 2.70 bits per heavy atom. The van der Waals surface area contributed by atoms with Crippen LogP contribution in [-0.4, -0.2) is 19.2 Å². The third kappa shape index (κ3) is 3.33. The molecule has 0 saturated carbocycles. The van der Waals surface area contributed by atoms with Crippen LogP contribution >= 0.6 is 11.6 Å². The maximum atomic E-state index is 5.89. The Bertz CT molecular complexity index is 542. The van der Waals surface area contributed by atoms with Crippen LogP contribution in [0.2, 0.25) is 5.02 Å². The minimum atomic E-state index is 0.262. The van der Waals surface area contributed by atoms with Crippen molar-refractivity contribution in [3.05, 3.63) is 64.7 Å². The Kier molecular flexibility index (Phi) is 4.24. The number of nitrogens with one attached hydrogen (secondary N) is 1. The minimum absolute atomic E-state index is 0.262. The molecule has 1 N–H and O–H groups in total. The van der Waals surface area contributed by atoms with Crippen molar-refractivity contribution in [1.82, 2.24) is 5.32 Å². The number of fused-ring (bicyclic) bond motifs is 1. The maximum Gasteiger partial charge on any atom is 0.123 e. The smallest absolute Gasteiger partial charge is 0.123 e. The number of rotatable bonds is 5. The van der Waals surface area contributed by atoms with Crippen LogP contribution in [0.5, 0.6) is 5.75 Å². The summed E-state index contributed by atoms with van der Waals surface area (Å²) in [6.07, 6.45) is 2.28. The van der Waals surface area contributed by atoms with E-state index in [9.17, 15) is 0 Å². The van der Waals surface area contributed by atoms with Crippen LogP contribution in [0.15, 0.2) is 48.5 Å². The molecule has 1 heterocycles.